The summed E-state index contributed by atoms with van der Waals surface area (Å²) in [6.45, 7) is 0. The highest BCUT2D eigenvalue weighted by molar-refractivity contribution is 9.10. The molecule has 0 unspecified atom stereocenters. The molecule has 3 aromatic rings. The predicted octanol–water partition coefficient (Wildman–Crippen LogP) is 4.61. The molecular formula is C18H12BrFN2O2. The Morgan fingerprint density at radius 1 is 1.04 bits per heavy atom. The van der Waals surface area contributed by atoms with Crippen LogP contribution >= 0.6 is 15.9 Å². The molecule has 0 bridgehead atoms. The first kappa shape index (κ1) is 16.1. The number of hydrazone groups is 1. The lowest BCUT2D eigenvalue weighted by molar-refractivity contribution is 0.0955. The van der Waals surface area contributed by atoms with Crippen molar-refractivity contribution < 1.29 is 13.6 Å². The van der Waals surface area contributed by atoms with Crippen molar-refractivity contribution in [2.45, 2.75) is 0 Å². The van der Waals surface area contributed by atoms with Crippen molar-refractivity contribution in [3.63, 3.8) is 0 Å². The lowest BCUT2D eigenvalue weighted by atomic mass is 10.2. The van der Waals surface area contributed by atoms with Crippen LogP contribution in [-0.4, -0.2) is 12.1 Å². The van der Waals surface area contributed by atoms with Crippen LogP contribution < -0.4 is 5.43 Å². The maximum absolute atomic E-state index is 12.8. The molecule has 24 heavy (non-hydrogen) atoms. The van der Waals surface area contributed by atoms with Gasteiger partial charge in [-0.25, -0.2) is 9.82 Å². The first-order valence-corrected chi connectivity index (χ1v) is 7.86. The lowest BCUT2D eigenvalue weighted by Crippen LogP contribution is -2.17. The zero-order chi connectivity index (χ0) is 16.9. The van der Waals surface area contributed by atoms with E-state index in [0.717, 1.165) is 10.0 Å². The monoisotopic (exact) mass is 386 g/mol. The van der Waals surface area contributed by atoms with Crippen molar-refractivity contribution in [3.8, 4) is 11.3 Å². The molecule has 0 spiro atoms. The Morgan fingerprint density at radius 3 is 2.46 bits per heavy atom. The van der Waals surface area contributed by atoms with E-state index in [0.29, 0.717) is 17.1 Å². The van der Waals surface area contributed by atoms with E-state index in [9.17, 15) is 9.18 Å². The van der Waals surface area contributed by atoms with E-state index in [1.807, 2.05) is 30.3 Å². The second kappa shape index (κ2) is 7.23. The Kier molecular flexibility index (Phi) is 4.86. The summed E-state index contributed by atoms with van der Waals surface area (Å²) in [5.41, 5.74) is 3.63. The van der Waals surface area contributed by atoms with Crippen LogP contribution in [0, 0.1) is 5.82 Å². The van der Waals surface area contributed by atoms with E-state index in [2.05, 4.69) is 26.5 Å². The largest absolute Gasteiger partial charge is 0.455 e. The Hall–Kier alpha value is -2.73. The maximum atomic E-state index is 12.8. The van der Waals surface area contributed by atoms with E-state index in [1.54, 1.807) is 6.07 Å². The van der Waals surface area contributed by atoms with Crippen LogP contribution in [0.5, 0.6) is 0 Å². The van der Waals surface area contributed by atoms with Gasteiger partial charge in [0.05, 0.1) is 6.21 Å². The van der Waals surface area contributed by atoms with Crippen molar-refractivity contribution in [3.05, 3.63) is 82.3 Å². The molecule has 0 saturated heterocycles. The van der Waals surface area contributed by atoms with E-state index in [1.165, 1.54) is 30.5 Å². The van der Waals surface area contributed by atoms with Gasteiger partial charge in [0.1, 0.15) is 17.3 Å². The third kappa shape index (κ3) is 3.97. The number of hydrogen-bond acceptors (Lipinski definition) is 3. The zero-order valence-corrected chi connectivity index (χ0v) is 14.0. The average Bonchev–Trinajstić information content (AvgIpc) is 3.05. The molecular weight excluding hydrogens is 375 g/mol. The highest BCUT2D eigenvalue weighted by Gasteiger charge is 2.05. The number of hydrogen-bond donors (Lipinski definition) is 1. The number of rotatable bonds is 4. The van der Waals surface area contributed by atoms with Crippen LogP contribution in [0.15, 0.2) is 74.7 Å². The lowest BCUT2D eigenvalue weighted by Gasteiger charge is -1.99. The summed E-state index contributed by atoms with van der Waals surface area (Å²) in [5.74, 6) is 0.387. The van der Waals surface area contributed by atoms with Gasteiger partial charge in [0.25, 0.3) is 5.91 Å². The van der Waals surface area contributed by atoms with Gasteiger partial charge in [0.15, 0.2) is 0 Å². The van der Waals surface area contributed by atoms with E-state index in [4.69, 9.17) is 4.42 Å². The van der Waals surface area contributed by atoms with Crippen LogP contribution in [-0.2, 0) is 0 Å². The highest BCUT2D eigenvalue weighted by Crippen LogP contribution is 2.23. The molecule has 1 heterocycles. The van der Waals surface area contributed by atoms with Crippen molar-refractivity contribution in [1.29, 1.82) is 0 Å². The number of nitrogens with one attached hydrogen (secondary N) is 1. The van der Waals surface area contributed by atoms with Gasteiger partial charge in [-0.1, -0.05) is 28.1 Å². The van der Waals surface area contributed by atoms with Crippen LogP contribution in [0.25, 0.3) is 11.3 Å². The number of carbonyl (C=O) groups is 1. The Bertz CT molecular complexity index is 871. The van der Waals surface area contributed by atoms with Crippen LogP contribution in [0.2, 0.25) is 0 Å². The molecule has 0 radical (unpaired) electrons. The minimum absolute atomic E-state index is 0.323. The summed E-state index contributed by atoms with van der Waals surface area (Å²) in [5, 5.41) is 3.84. The SMILES string of the molecule is O=C(NN=Cc1ccc(-c2ccc(Br)cc2)o1)c1ccc(F)cc1. The number of carbonyl (C=O) groups excluding carboxylic acids is 1. The number of amides is 1. The van der Waals surface area contributed by atoms with Crippen molar-refractivity contribution in [2.75, 3.05) is 0 Å². The van der Waals surface area contributed by atoms with Crippen molar-refractivity contribution in [2.24, 2.45) is 5.10 Å². The van der Waals surface area contributed by atoms with Crippen LogP contribution in [0.4, 0.5) is 4.39 Å². The van der Waals surface area contributed by atoms with Gasteiger partial charge >= 0.3 is 0 Å². The van der Waals surface area contributed by atoms with Gasteiger partial charge in [-0.3, -0.25) is 4.79 Å². The van der Waals surface area contributed by atoms with Crippen LogP contribution in [0.1, 0.15) is 16.1 Å². The van der Waals surface area contributed by atoms with Gasteiger partial charge in [-0.05, 0) is 48.5 Å². The number of nitrogens with zero attached hydrogens (tertiary/aromatic N) is 1. The van der Waals surface area contributed by atoms with Crippen LogP contribution in [0.3, 0.4) is 0 Å². The van der Waals surface area contributed by atoms with Gasteiger partial charge in [-0.15, -0.1) is 0 Å². The molecule has 1 aromatic heterocycles. The highest BCUT2D eigenvalue weighted by atomic mass is 79.9. The predicted molar refractivity (Wildman–Crippen MR) is 93.3 cm³/mol. The summed E-state index contributed by atoms with van der Waals surface area (Å²) in [6, 6.07) is 16.5. The van der Waals surface area contributed by atoms with Gasteiger partial charge in [-0.2, -0.15) is 5.10 Å². The molecule has 0 aliphatic heterocycles. The molecule has 0 saturated carbocycles. The second-order valence-electron chi connectivity index (χ2n) is 4.91. The first-order chi connectivity index (χ1) is 11.6. The fourth-order valence-electron chi connectivity index (χ4n) is 2.01. The second-order valence-corrected chi connectivity index (χ2v) is 5.83. The summed E-state index contributed by atoms with van der Waals surface area (Å²) in [7, 11) is 0. The quantitative estimate of drug-likeness (QED) is 0.525. The molecule has 0 atom stereocenters. The van der Waals surface area contributed by atoms with E-state index in [-0.39, 0.29) is 0 Å². The molecule has 6 heteroatoms. The fraction of sp³-hybridized carbons (Fsp3) is 0. The zero-order valence-electron chi connectivity index (χ0n) is 12.4. The maximum Gasteiger partial charge on any atom is 0.271 e. The summed E-state index contributed by atoms with van der Waals surface area (Å²) in [4.78, 5) is 11.8. The van der Waals surface area contributed by atoms with Crippen molar-refractivity contribution in [1.82, 2.24) is 5.43 Å². The van der Waals surface area contributed by atoms with Gasteiger partial charge in [0, 0.05) is 15.6 Å². The summed E-state index contributed by atoms with van der Waals surface area (Å²) < 4.78 is 19.4. The molecule has 1 N–H and O–H groups in total. The van der Waals surface area contributed by atoms with Gasteiger partial charge in [0.2, 0.25) is 0 Å². The van der Waals surface area contributed by atoms with E-state index >= 15 is 0 Å². The Morgan fingerprint density at radius 2 is 1.75 bits per heavy atom. The molecule has 3 rings (SSSR count). The average molecular weight is 387 g/mol. The molecule has 0 fully saturated rings. The smallest absolute Gasteiger partial charge is 0.271 e. The standard InChI is InChI=1S/C18H12BrFN2O2/c19-14-5-1-12(2-6-14)17-10-9-16(24-17)11-21-22-18(23)13-3-7-15(20)8-4-13/h1-11H,(H,22,23). The normalized spacial score (nSPS) is 10.9. The van der Waals surface area contributed by atoms with E-state index < -0.39 is 11.7 Å². The topological polar surface area (TPSA) is 54.6 Å². The molecule has 0 aliphatic rings. The molecule has 120 valence electrons. The minimum Gasteiger partial charge on any atom is -0.455 e. The number of benzene rings is 2. The minimum atomic E-state index is -0.425. The molecule has 4 nitrogen and oxygen atoms in total. The Balaban J connectivity index is 1.64. The van der Waals surface area contributed by atoms with Crippen molar-refractivity contribution >= 4 is 28.1 Å². The van der Waals surface area contributed by atoms with Gasteiger partial charge < -0.3 is 4.42 Å². The third-order valence-electron chi connectivity index (χ3n) is 3.22. The summed E-state index contributed by atoms with van der Waals surface area (Å²) in [6.07, 6.45) is 1.41. The number of halogens is 2. The third-order valence-corrected chi connectivity index (χ3v) is 3.75. The summed E-state index contributed by atoms with van der Waals surface area (Å²) >= 11 is 3.38. The number of furan rings is 1. The Labute approximate surface area is 146 Å². The fourth-order valence-corrected chi connectivity index (χ4v) is 2.28. The molecule has 0 aliphatic carbocycles. The molecule has 1 amide bonds. The first-order valence-electron chi connectivity index (χ1n) is 7.06. The molecule has 2 aromatic carbocycles.